The van der Waals surface area contributed by atoms with E-state index in [1.54, 1.807) is 15.9 Å². The molecule has 0 N–H and O–H groups in total. The van der Waals surface area contributed by atoms with Crippen LogP contribution in [0.4, 0.5) is 0 Å². The zero-order valence-corrected chi connectivity index (χ0v) is 30.2. The summed E-state index contributed by atoms with van der Waals surface area (Å²) in [6, 6.07) is 37.8. The van der Waals surface area contributed by atoms with Crippen molar-refractivity contribution in [3.63, 3.8) is 0 Å². The molecule has 0 aliphatic heterocycles. The molecule has 0 bridgehead atoms. The highest BCUT2D eigenvalue weighted by molar-refractivity contribution is 7.26. The highest BCUT2D eigenvalue weighted by Crippen LogP contribution is 2.44. The molecule has 0 saturated carbocycles. The Bertz CT molecular complexity index is 3750. The van der Waals surface area contributed by atoms with Gasteiger partial charge in [-0.05, 0) is 47.5 Å². The molecule has 0 fully saturated rings. The van der Waals surface area contributed by atoms with Gasteiger partial charge in [0.05, 0.1) is 30.4 Å². The van der Waals surface area contributed by atoms with Crippen molar-refractivity contribution in [1.29, 1.82) is 0 Å². The van der Waals surface area contributed by atoms with Gasteiger partial charge in [-0.2, -0.15) is 0 Å². The van der Waals surface area contributed by atoms with Gasteiger partial charge in [0.25, 0.3) is 0 Å². The first-order chi connectivity index (χ1) is 31.9. The average molecular weight is 743 g/mol. The monoisotopic (exact) mass is 742 g/mol. The Morgan fingerprint density at radius 3 is 1.86 bits per heavy atom. The van der Waals surface area contributed by atoms with Crippen LogP contribution in [0.5, 0.6) is 0 Å². The molecule has 5 heteroatoms. The van der Waals surface area contributed by atoms with Gasteiger partial charge in [-0.25, -0.2) is 15.0 Å². The minimum atomic E-state index is -0.590. The Labute approximate surface area is 341 Å². The predicted molar refractivity (Wildman–Crippen MR) is 234 cm³/mol. The van der Waals surface area contributed by atoms with Gasteiger partial charge in [0, 0.05) is 58.8 Å². The lowest BCUT2D eigenvalue weighted by Crippen LogP contribution is -2.02. The van der Waals surface area contributed by atoms with Gasteiger partial charge in [0.15, 0.2) is 17.5 Å². The van der Waals surface area contributed by atoms with E-state index in [1.165, 1.54) is 12.1 Å². The largest absolute Gasteiger partial charge is 0.309 e. The number of hydrogen-bond acceptors (Lipinski definition) is 4. The number of nitrogens with zero attached hydrogens (tertiary/aromatic N) is 4. The van der Waals surface area contributed by atoms with Crippen LogP contribution in [0.1, 0.15) is 13.7 Å². The quantitative estimate of drug-likeness (QED) is 0.170. The SMILES string of the molecule is [2H]c1cc([2H])c2c(c1[2H])c1c([2H])c([2H])c(-c3c([2H])c([2H])c([2H])c([2H])c3[2H])cc1n2-c1ccc(-c2nc(-c3ccccc3)nc(-c3ccccc3)n2)cc1-c1cccc2c1sc1ccccc12. The minimum Gasteiger partial charge on any atom is -0.309 e. The summed E-state index contributed by atoms with van der Waals surface area (Å²) >= 11 is 1.63. The van der Waals surface area contributed by atoms with E-state index >= 15 is 0 Å². The van der Waals surface area contributed by atoms with Crippen LogP contribution in [0.3, 0.4) is 0 Å². The van der Waals surface area contributed by atoms with E-state index in [1.807, 2.05) is 103 Å². The fourth-order valence-corrected chi connectivity index (χ4v) is 8.61. The molecule has 3 aromatic heterocycles. The second-order valence-corrected chi connectivity index (χ2v) is 14.3. The molecule has 3 heterocycles. The van der Waals surface area contributed by atoms with E-state index in [9.17, 15) is 5.48 Å². The van der Waals surface area contributed by atoms with Crippen molar-refractivity contribution in [1.82, 2.24) is 19.5 Å². The average Bonchev–Trinajstić information content (AvgIpc) is 3.91. The molecule has 56 heavy (non-hydrogen) atoms. The number of benzene rings is 8. The van der Waals surface area contributed by atoms with Crippen LogP contribution in [0.2, 0.25) is 0 Å². The summed E-state index contributed by atoms with van der Waals surface area (Å²) in [5, 5.41) is 2.33. The molecule has 11 aromatic rings. The van der Waals surface area contributed by atoms with Crippen molar-refractivity contribution < 1.29 is 13.7 Å². The van der Waals surface area contributed by atoms with Gasteiger partial charge >= 0.3 is 0 Å². The maximum Gasteiger partial charge on any atom is 0.164 e. The first kappa shape index (κ1) is 23.5. The lowest BCUT2D eigenvalue weighted by Gasteiger charge is -2.17. The molecule has 0 saturated heterocycles. The molecule has 0 spiro atoms. The van der Waals surface area contributed by atoms with Crippen LogP contribution in [-0.4, -0.2) is 19.5 Å². The van der Waals surface area contributed by atoms with Crippen LogP contribution < -0.4 is 0 Å². The Balaban J connectivity index is 1.28. The molecular weight excluding hydrogens is 701 g/mol. The highest BCUT2D eigenvalue weighted by Gasteiger charge is 2.21. The van der Waals surface area contributed by atoms with E-state index in [4.69, 9.17) is 23.2 Å². The van der Waals surface area contributed by atoms with Crippen molar-refractivity contribution in [3.05, 3.63) is 194 Å². The Hall–Kier alpha value is -7.21. The zero-order valence-electron chi connectivity index (χ0n) is 39.4. The standard InChI is InChI=1S/C51H32N4S/c1-4-15-33(16-5-1)36-27-29-39-38-21-10-12-25-44(38)55(46(39)32-36)45-30-28-37(31-43(45)42-24-14-23-41-40-22-11-13-26-47(40)56-48(41)42)51-53-49(34-17-6-2-7-18-34)52-50(54-51)35-19-8-3-9-20-35/h1-32H/i1D,4D,5D,10D,15D,16D,21D,25D,27D,29D. The molecule has 0 unspecified atom stereocenters. The van der Waals surface area contributed by atoms with E-state index in [-0.39, 0.29) is 57.1 Å². The summed E-state index contributed by atoms with van der Waals surface area (Å²) in [7, 11) is 0. The molecule has 262 valence electrons. The lowest BCUT2D eigenvalue weighted by molar-refractivity contribution is 1.07. The van der Waals surface area contributed by atoms with Crippen LogP contribution in [-0.2, 0) is 0 Å². The van der Waals surface area contributed by atoms with Crippen molar-refractivity contribution in [2.75, 3.05) is 0 Å². The number of fused-ring (bicyclic) bond motifs is 6. The van der Waals surface area contributed by atoms with E-state index in [2.05, 4.69) is 18.2 Å². The van der Waals surface area contributed by atoms with E-state index < -0.39 is 36.3 Å². The molecule has 8 aromatic carbocycles. The summed E-state index contributed by atoms with van der Waals surface area (Å²) in [6.45, 7) is 0. The third-order valence-corrected chi connectivity index (χ3v) is 11.2. The van der Waals surface area contributed by atoms with Crippen molar-refractivity contribution in [3.8, 4) is 62.1 Å². The van der Waals surface area contributed by atoms with Crippen molar-refractivity contribution in [2.24, 2.45) is 0 Å². The predicted octanol–water partition coefficient (Wildman–Crippen LogP) is 13.7. The summed E-state index contributed by atoms with van der Waals surface area (Å²) in [6.07, 6.45) is 0. The molecule has 0 aliphatic rings. The van der Waals surface area contributed by atoms with Crippen LogP contribution in [0.25, 0.3) is 104 Å². The molecule has 4 nitrogen and oxygen atoms in total. The first-order valence-corrected chi connectivity index (χ1v) is 18.8. The van der Waals surface area contributed by atoms with Crippen molar-refractivity contribution in [2.45, 2.75) is 0 Å². The normalized spacial score (nSPS) is 14.1. The highest BCUT2D eigenvalue weighted by atomic mass is 32.1. The molecule has 0 aliphatic carbocycles. The van der Waals surface area contributed by atoms with Crippen molar-refractivity contribution >= 4 is 53.3 Å². The van der Waals surface area contributed by atoms with Gasteiger partial charge in [-0.3, -0.25) is 0 Å². The maximum absolute atomic E-state index is 9.50. The number of thiophene rings is 1. The number of hydrogen-bond donors (Lipinski definition) is 0. The van der Waals surface area contributed by atoms with Gasteiger partial charge in [0.1, 0.15) is 0 Å². The van der Waals surface area contributed by atoms with E-state index in [0.29, 0.717) is 34.3 Å². The summed E-state index contributed by atoms with van der Waals surface area (Å²) in [5.41, 5.74) is 4.35. The Kier molecular flexibility index (Phi) is 5.58. The smallest absolute Gasteiger partial charge is 0.164 e. The van der Waals surface area contributed by atoms with Crippen LogP contribution in [0.15, 0.2) is 194 Å². The second-order valence-electron chi connectivity index (χ2n) is 13.2. The number of para-hydroxylation sites is 1. The number of rotatable bonds is 6. The van der Waals surface area contributed by atoms with Gasteiger partial charge in [0.2, 0.25) is 0 Å². The van der Waals surface area contributed by atoms with Crippen LogP contribution in [0, 0.1) is 0 Å². The first-order valence-electron chi connectivity index (χ1n) is 23.0. The summed E-state index contributed by atoms with van der Waals surface area (Å²) in [4.78, 5) is 15.0. The summed E-state index contributed by atoms with van der Waals surface area (Å²) < 4.78 is 92.7. The maximum atomic E-state index is 9.50. The van der Waals surface area contributed by atoms with Crippen LogP contribution >= 0.6 is 11.3 Å². The second kappa shape index (κ2) is 13.3. The van der Waals surface area contributed by atoms with Gasteiger partial charge in [-0.15, -0.1) is 11.3 Å². The minimum absolute atomic E-state index is 0.0884. The molecule has 11 rings (SSSR count). The molecule has 0 atom stereocenters. The summed E-state index contributed by atoms with van der Waals surface area (Å²) in [5.74, 6) is 1.34. The third kappa shape index (κ3) is 5.40. The topological polar surface area (TPSA) is 43.6 Å². The number of aromatic nitrogens is 4. The molecule has 0 radical (unpaired) electrons. The fourth-order valence-electron chi connectivity index (χ4n) is 7.38. The Morgan fingerprint density at radius 2 is 1.09 bits per heavy atom. The zero-order chi connectivity index (χ0) is 45.7. The molecule has 0 amide bonds. The van der Waals surface area contributed by atoms with E-state index in [0.717, 1.165) is 36.9 Å². The Morgan fingerprint density at radius 1 is 0.411 bits per heavy atom. The molecular formula is C51H32N4S. The van der Waals surface area contributed by atoms with Gasteiger partial charge in [-0.1, -0.05) is 158 Å². The third-order valence-electron chi connectivity index (χ3n) is 9.95. The fraction of sp³-hybridized carbons (Fsp3) is 0. The lowest BCUT2D eigenvalue weighted by atomic mass is 9.98. The van der Waals surface area contributed by atoms with Gasteiger partial charge < -0.3 is 4.57 Å².